The molecule has 1 aromatic carbocycles. The van der Waals surface area contributed by atoms with Gasteiger partial charge in [-0.2, -0.15) is 0 Å². The van der Waals surface area contributed by atoms with Crippen LogP contribution in [0.25, 0.3) is 0 Å². The van der Waals surface area contributed by atoms with Crippen molar-refractivity contribution >= 4 is 32.7 Å². The van der Waals surface area contributed by atoms with E-state index in [1.807, 2.05) is 0 Å². The maximum absolute atomic E-state index is 13.1. The Labute approximate surface area is 109 Å². The third-order valence-corrected chi connectivity index (χ3v) is 5.60. The highest BCUT2D eigenvalue weighted by Crippen LogP contribution is 2.27. The van der Waals surface area contributed by atoms with E-state index in [2.05, 4.69) is 0 Å². The zero-order valence-electron chi connectivity index (χ0n) is 9.50. The van der Waals surface area contributed by atoms with Crippen molar-refractivity contribution < 1.29 is 12.8 Å². The molecule has 1 aromatic heterocycles. The fourth-order valence-corrected chi connectivity index (χ4v) is 3.85. The Balaban J connectivity index is 2.42. The lowest BCUT2D eigenvalue weighted by Crippen LogP contribution is -2.25. The summed E-state index contributed by atoms with van der Waals surface area (Å²) in [7, 11) is -2.31. The summed E-state index contributed by atoms with van der Waals surface area (Å²) in [6.07, 6.45) is 0. The number of hydrogen-bond acceptors (Lipinski definition) is 4. The van der Waals surface area contributed by atoms with Crippen molar-refractivity contribution in [3.63, 3.8) is 0 Å². The molecule has 2 rings (SSSR count). The highest BCUT2D eigenvalue weighted by Gasteiger charge is 2.23. The third-order valence-electron chi connectivity index (χ3n) is 2.38. The summed E-state index contributed by atoms with van der Waals surface area (Å²) < 4.78 is 38.7. The molecule has 18 heavy (non-hydrogen) atoms. The summed E-state index contributed by atoms with van der Waals surface area (Å²) in [5, 5.41) is 1.55. The van der Waals surface area contributed by atoms with Crippen LogP contribution in [0.5, 0.6) is 0 Å². The summed E-state index contributed by atoms with van der Waals surface area (Å²) in [5.41, 5.74) is 6.17. The number of nitrogens with two attached hydrogens (primary N) is 1. The molecule has 0 bridgehead atoms. The number of anilines is 2. The Hall–Kier alpha value is -1.60. The van der Waals surface area contributed by atoms with Crippen molar-refractivity contribution in [1.29, 1.82) is 0 Å². The SMILES string of the molecule is CN(c1cccc(F)c1)S(=O)(=O)c1cc(N)cs1. The topological polar surface area (TPSA) is 63.4 Å². The van der Waals surface area contributed by atoms with Gasteiger partial charge in [0.15, 0.2) is 0 Å². The summed E-state index contributed by atoms with van der Waals surface area (Å²) in [6.45, 7) is 0. The van der Waals surface area contributed by atoms with Gasteiger partial charge in [-0.15, -0.1) is 11.3 Å². The number of rotatable bonds is 3. The van der Waals surface area contributed by atoms with Crippen LogP contribution in [0, 0.1) is 5.82 Å². The number of hydrogen-bond donors (Lipinski definition) is 1. The average molecular weight is 286 g/mol. The molecule has 0 unspecified atom stereocenters. The minimum absolute atomic E-state index is 0.131. The number of halogens is 1. The van der Waals surface area contributed by atoms with E-state index < -0.39 is 15.8 Å². The monoisotopic (exact) mass is 286 g/mol. The summed E-state index contributed by atoms with van der Waals surface area (Å²) in [4.78, 5) is 0. The molecule has 0 saturated heterocycles. The lowest BCUT2D eigenvalue weighted by molar-refractivity contribution is 0.596. The fourth-order valence-electron chi connectivity index (χ4n) is 1.41. The van der Waals surface area contributed by atoms with Gasteiger partial charge < -0.3 is 5.73 Å². The van der Waals surface area contributed by atoms with Gasteiger partial charge in [0, 0.05) is 18.1 Å². The second kappa shape index (κ2) is 4.58. The molecular weight excluding hydrogens is 275 g/mol. The van der Waals surface area contributed by atoms with Crippen LogP contribution in [-0.4, -0.2) is 15.5 Å². The van der Waals surface area contributed by atoms with Crippen molar-refractivity contribution in [2.45, 2.75) is 4.21 Å². The molecule has 96 valence electrons. The van der Waals surface area contributed by atoms with Gasteiger partial charge in [0.05, 0.1) is 5.69 Å². The summed E-state index contributed by atoms with van der Waals surface area (Å²) >= 11 is 1.04. The fraction of sp³-hybridized carbons (Fsp3) is 0.0909. The van der Waals surface area contributed by atoms with Gasteiger partial charge in [0.2, 0.25) is 0 Å². The molecule has 7 heteroatoms. The van der Waals surface area contributed by atoms with Crippen LogP contribution in [0.4, 0.5) is 15.8 Å². The second-order valence-corrected chi connectivity index (χ2v) is 6.76. The lowest BCUT2D eigenvalue weighted by atomic mass is 10.3. The molecule has 1 heterocycles. The molecule has 4 nitrogen and oxygen atoms in total. The van der Waals surface area contributed by atoms with E-state index in [9.17, 15) is 12.8 Å². The molecule has 0 aliphatic heterocycles. The smallest absolute Gasteiger partial charge is 0.273 e. The summed E-state index contributed by atoms with van der Waals surface area (Å²) in [5.74, 6) is -0.486. The molecule has 2 N–H and O–H groups in total. The quantitative estimate of drug-likeness (QED) is 0.941. The average Bonchev–Trinajstić information content (AvgIpc) is 2.75. The van der Waals surface area contributed by atoms with Crippen molar-refractivity contribution in [2.24, 2.45) is 0 Å². The predicted octanol–water partition coefficient (Wildman–Crippen LogP) is 2.29. The van der Waals surface area contributed by atoms with E-state index in [-0.39, 0.29) is 9.90 Å². The zero-order valence-corrected chi connectivity index (χ0v) is 11.1. The van der Waals surface area contributed by atoms with Crippen molar-refractivity contribution in [1.82, 2.24) is 0 Å². The van der Waals surface area contributed by atoms with Gasteiger partial charge in [-0.25, -0.2) is 12.8 Å². The standard InChI is InChI=1S/C11H11FN2O2S2/c1-14(10-4-2-3-8(12)5-10)18(15,16)11-6-9(13)7-17-11/h2-7H,13H2,1H3. The van der Waals surface area contributed by atoms with Crippen LogP contribution in [-0.2, 0) is 10.0 Å². The van der Waals surface area contributed by atoms with Crippen molar-refractivity contribution in [3.05, 3.63) is 41.5 Å². The van der Waals surface area contributed by atoms with E-state index in [1.54, 1.807) is 5.38 Å². The van der Waals surface area contributed by atoms with Crippen LogP contribution < -0.4 is 10.0 Å². The van der Waals surface area contributed by atoms with E-state index in [0.29, 0.717) is 5.69 Å². The molecular formula is C11H11FN2O2S2. The van der Waals surface area contributed by atoms with Gasteiger partial charge in [-0.3, -0.25) is 4.31 Å². The van der Waals surface area contributed by atoms with Crippen LogP contribution in [0.3, 0.4) is 0 Å². The van der Waals surface area contributed by atoms with Crippen LogP contribution in [0.1, 0.15) is 0 Å². The van der Waals surface area contributed by atoms with Gasteiger partial charge in [0.25, 0.3) is 10.0 Å². The van der Waals surface area contributed by atoms with E-state index in [4.69, 9.17) is 5.73 Å². The molecule has 0 amide bonds. The molecule has 0 saturated carbocycles. The lowest BCUT2D eigenvalue weighted by Gasteiger charge is -2.18. The minimum Gasteiger partial charge on any atom is -0.398 e. The van der Waals surface area contributed by atoms with Gasteiger partial charge in [0.1, 0.15) is 10.0 Å². The normalized spacial score (nSPS) is 11.4. The first-order valence-corrected chi connectivity index (χ1v) is 7.32. The van der Waals surface area contributed by atoms with Crippen molar-refractivity contribution in [3.8, 4) is 0 Å². The molecule has 0 aliphatic rings. The summed E-state index contributed by atoms with van der Waals surface area (Å²) in [6, 6.07) is 6.79. The molecule has 0 aliphatic carbocycles. The predicted molar refractivity (Wildman–Crippen MR) is 70.7 cm³/mol. The number of nitrogens with zero attached hydrogens (tertiary/aromatic N) is 1. The van der Waals surface area contributed by atoms with E-state index >= 15 is 0 Å². The Kier molecular flexibility index (Phi) is 3.27. The van der Waals surface area contributed by atoms with Crippen LogP contribution in [0.15, 0.2) is 39.9 Å². The van der Waals surface area contributed by atoms with Crippen LogP contribution in [0.2, 0.25) is 0 Å². The van der Waals surface area contributed by atoms with E-state index in [0.717, 1.165) is 21.7 Å². The zero-order chi connectivity index (χ0) is 13.3. The first-order chi connectivity index (χ1) is 8.41. The second-order valence-electron chi connectivity index (χ2n) is 3.65. The largest absolute Gasteiger partial charge is 0.398 e. The third kappa shape index (κ3) is 2.32. The highest BCUT2D eigenvalue weighted by atomic mass is 32.2. The Morgan fingerprint density at radius 1 is 1.33 bits per heavy atom. The molecule has 0 fully saturated rings. The Morgan fingerprint density at radius 2 is 2.06 bits per heavy atom. The van der Waals surface area contributed by atoms with Gasteiger partial charge in [-0.05, 0) is 24.3 Å². The van der Waals surface area contributed by atoms with E-state index in [1.165, 1.54) is 31.3 Å². The highest BCUT2D eigenvalue weighted by molar-refractivity contribution is 7.94. The number of nitrogen functional groups attached to an aromatic ring is 1. The van der Waals surface area contributed by atoms with Crippen molar-refractivity contribution in [2.75, 3.05) is 17.1 Å². The maximum Gasteiger partial charge on any atom is 0.273 e. The molecule has 2 aromatic rings. The molecule has 0 atom stereocenters. The number of sulfonamides is 1. The van der Waals surface area contributed by atoms with Gasteiger partial charge in [-0.1, -0.05) is 6.07 Å². The molecule has 0 radical (unpaired) electrons. The number of benzene rings is 1. The first-order valence-electron chi connectivity index (χ1n) is 5.00. The van der Waals surface area contributed by atoms with Crippen LogP contribution >= 0.6 is 11.3 Å². The molecule has 0 spiro atoms. The Bertz CT molecular complexity index is 667. The maximum atomic E-state index is 13.1. The first kappa shape index (κ1) is 12.8. The number of thiophene rings is 1. The van der Waals surface area contributed by atoms with Gasteiger partial charge >= 0.3 is 0 Å². The Morgan fingerprint density at radius 3 is 2.61 bits per heavy atom. The minimum atomic E-state index is -3.68.